The van der Waals surface area contributed by atoms with Crippen LogP contribution < -0.4 is 0 Å². The van der Waals surface area contributed by atoms with E-state index < -0.39 is 5.92 Å². The van der Waals surface area contributed by atoms with Crippen LogP contribution in [0.2, 0.25) is 0 Å². The van der Waals surface area contributed by atoms with Gasteiger partial charge in [-0.15, -0.1) is 0 Å². The molecular formula is C16H14BrNO2. The lowest BCUT2D eigenvalue weighted by molar-refractivity contribution is 0.0977. The summed E-state index contributed by atoms with van der Waals surface area (Å²) in [6, 6.07) is 9.32. The number of nitrogens with zero attached hydrogens (tertiary/aromatic N) is 1. The number of rotatable bonds is 3. The van der Waals surface area contributed by atoms with E-state index in [1.807, 2.05) is 26.0 Å². The summed E-state index contributed by atoms with van der Waals surface area (Å²) in [5, 5.41) is 9.36. The van der Waals surface area contributed by atoms with E-state index in [0.29, 0.717) is 16.9 Å². The average Bonchev–Trinajstić information content (AvgIpc) is 2.66. The first-order valence-electron chi connectivity index (χ1n) is 6.21. The third-order valence-electron chi connectivity index (χ3n) is 3.40. The van der Waals surface area contributed by atoms with Crippen LogP contribution in [-0.4, -0.2) is 5.78 Å². The second-order valence-electron chi connectivity index (χ2n) is 4.69. The van der Waals surface area contributed by atoms with Crippen molar-refractivity contribution in [1.82, 2.24) is 0 Å². The number of hydrogen-bond donors (Lipinski definition) is 0. The first-order chi connectivity index (χ1) is 9.45. The number of aryl methyl sites for hydroxylation is 2. The molecule has 0 bridgehead atoms. The van der Waals surface area contributed by atoms with Crippen LogP contribution in [0.1, 0.15) is 38.9 Å². The summed E-state index contributed by atoms with van der Waals surface area (Å²) in [4.78, 5) is 12.6. The van der Waals surface area contributed by atoms with Crippen molar-refractivity contribution in [3.05, 3.63) is 56.9 Å². The van der Waals surface area contributed by atoms with Gasteiger partial charge in [-0.25, -0.2) is 0 Å². The number of furan rings is 1. The van der Waals surface area contributed by atoms with Crippen molar-refractivity contribution < 1.29 is 9.21 Å². The van der Waals surface area contributed by atoms with Crippen LogP contribution in [0.5, 0.6) is 0 Å². The summed E-state index contributed by atoms with van der Waals surface area (Å²) in [6.45, 7) is 5.42. The Hall–Kier alpha value is -1.86. The lowest BCUT2D eigenvalue weighted by atomic mass is 9.90. The van der Waals surface area contributed by atoms with E-state index in [9.17, 15) is 10.1 Å². The fourth-order valence-electron chi connectivity index (χ4n) is 2.24. The Balaban J connectivity index is 2.45. The molecule has 0 fully saturated rings. The zero-order valence-electron chi connectivity index (χ0n) is 11.5. The van der Waals surface area contributed by atoms with E-state index in [1.165, 1.54) is 0 Å². The fraction of sp³-hybridized carbons (Fsp3) is 0.250. The Labute approximate surface area is 126 Å². The minimum absolute atomic E-state index is 0.207. The SMILES string of the molecule is Cc1oc(C)c(C(=O)C(C#N)c2ccc(Br)cc2)c1C. The molecule has 3 nitrogen and oxygen atoms in total. The van der Waals surface area contributed by atoms with Gasteiger partial charge in [0.1, 0.15) is 17.4 Å². The summed E-state index contributed by atoms with van der Waals surface area (Å²) in [5.41, 5.74) is 2.03. The monoisotopic (exact) mass is 331 g/mol. The zero-order valence-corrected chi connectivity index (χ0v) is 13.1. The standard InChI is InChI=1S/C16H14BrNO2/c1-9-10(2)20-11(3)15(9)16(19)14(8-18)12-4-6-13(17)7-5-12/h4-7,14H,1-3H3. The Bertz CT molecular complexity index is 693. The second-order valence-corrected chi connectivity index (χ2v) is 5.61. The predicted octanol–water partition coefficient (Wildman–Crippen LogP) is 4.46. The zero-order chi connectivity index (χ0) is 14.9. The average molecular weight is 332 g/mol. The van der Waals surface area contributed by atoms with E-state index in [1.54, 1.807) is 19.1 Å². The van der Waals surface area contributed by atoms with Crippen molar-refractivity contribution in [3.8, 4) is 6.07 Å². The van der Waals surface area contributed by atoms with Crippen molar-refractivity contribution in [3.63, 3.8) is 0 Å². The molecule has 0 spiro atoms. The Morgan fingerprint density at radius 1 is 1.20 bits per heavy atom. The van der Waals surface area contributed by atoms with Crippen LogP contribution in [0.3, 0.4) is 0 Å². The van der Waals surface area contributed by atoms with Gasteiger partial charge in [0.15, 0.2) is 5.78 Å². The highest BCUT2D eigenvalue weighted by atomic mass is 79.9. The number of halogens is 1. The molecule has 0 radical (unpaired) electrons. The van der Waals surface area contributed by atoms with Crippen molar-refractivity contribution in [2.24, 2.45) is 0 Å². The van der Waals surface area contributed by atoms with E-state index in [4.69, 9.17) is 4.42 Å². The van der Waals surface area contributed by atoms with Crippen LogP contribution in [0.25, 0.3) is 0 Å². The molecule has 1 atom stereocenters. The van der Waals surface area contributed by atoms with E-state index >= 15 is 0 Å². The number of benzene rings is 1. The second kappa shape index (κ2) is 5.64. The Morgan fingerprint density at radius 2 is 1.80 bits per heavy atom. The van der Waals surface area contributed by atoms with Crippen molar-refractivity contribution >= 4 is 21.7 Å². The largest absolute Gasteiger partial charge is 0.466 e. The first-order valence-corrected chi connectivity index (χ1v) is 7.01. The van der Waals surface area contributed by atoms with Gasteiger partial charge in [0.05, 0.1) is 11.6 Å². The van der Waals surface area contributed by atoms with Gasteiger partial charge in [0.2, 0.25) is 0 Å². The van der Waals surface area contributed by atoms with Gasteiger partial charge < -0.3 is 4.42 Å². The molecule has 0 amide bonds. The van der Waals surface area contributed by atoms with Crippen molar-refractivity contribution in [2.75, 3.05) is 0 Å². The van der Waals surface area contributed by atoms with Gasteiger partial charge in [-0.2, -0.15) is 5.26 Å². The molecule has 20 heavy (non-hydrogen) atoms. The lowest BCUT2D eigenvalue weighted by Crippen LogP contribution is -2.12. The molecule has 0 N–H and O–H groups in total. The van der Waals surface area contributed by atoms with Gasteiger partial charge in [-0.1, -0.05) is 28.1 Å². The smallest absolute Gasteiger partial charge is 0.188 e. The molecule has 102 valence electrons. The Morgan fingerprint density at radius 3 is 2.25 bits per heavy atom. The van der Waals surface area contributed by atoms with E-state index in [-0.39, 0.29) is 5.78 Å². The number of hydrogen-bond acceptors (Lipinski definition) is 3. The van der Waals surface area contributed by atoms with Crippen LogP contribution in [0, 0.1) is 32.1 Å². The molecule has 0 saturated carbocycles. The van der Waals surface area contributed by atoms with E-state index in [2.05, 4.69) is 22.0 Å². The van der Waals surface area contributed by atoms with Crippen molar-refractivity contribution in [1.29, 1.82) is 5.26 Å². The number of nitriles is 1. The summed E-state index contributed by atoms with van der Waals surface area (Å²) in [5.74, 6) is 0.278. The third-order valence-corrected chi connectivity index (χ3v) is 3.93. The quantitative estimate of drug-likeness (QED) is 0.780. The topological polar surface area (TPSA) is 54.0 Å². The molecule has 2 rings (SSSR count). The summed E-state index contributed by atoms with van der Waals surface area (Å²) in [7, 11) is 0. The molecule has 0 aliphatic rings. The molecule has 1 aromatic heterocycles. The molecule has 0 aliphatic carbocycles. The predicted molar refractivity (Wildman–Crippen MR) is 79.7 cm³/mol. The van der Waals surface area contributed by atoms with Gasteiger partial charge in [0.25, 0.3) is 0 Å². The van der Waals surface area contributed by atoms with Gasteiger partial charge >= 0.3 is 0 Å². The van der Waals surface area contributed by atoms with E-state index in [0.717, 1.165) is 15.8 Å². The molecule has 1 aromatic carbocycles. The van der Waals surface area contributed by atoms with Crippen molar-refractivity contribution in [2.45, 2.75) is 26.7 Å². The first kappa shape index (κ1) is 14.5. The molecule has 0 saturated heterocycles. The molecule has 1 unspecified atom stereocenters. The maximum Gasteiger partial charge on any atom is 0.188 e. The van der Waals surface area contributed by atoms with Gasteiger partial charge in [-0.3, -0.25) is 4.79 Å². The number of Topliss-reactive ketones (excluding diaryl/α,β-unsaturated/α-hetero) is 1. The van der Waals surface area contributed by atoms with Crippen LogP contribution >= 0.6 is 15.9 Å². The minimum Gasteiger partial charge on any atom is -0.466 e. The number of ketones is 1. The number of carbonyl (C=O) groups excluding carboxylic acids is 1. The summed E-state index contributed by atoms with van der Waals surface area (Å²) < 4.78 is 6.39. The third kappa shape index (κ3) is 2.54. The van der Waals surface area contributed by atoms with Gasteiger partial charge in [-0.05, 0) is 38.5 Å². The lowest BCUT2D eigenvalue weighted by Gasteiger charge is -2.09. The van der Waals surface area contributed by atoms with Gasteiger partial charge in [0, 0.05) is 10.0 Å². The van der Waals surface area contributed by atoms with Crippen LogP contribution in [-0.2, 0) is 0 Å². The minimum atomic E-state index is -0.808. The maximum absolute atomic E-state index is 12.6. The highest BCUT2D eigenvalue weighted by molar-refractivity contribution is 9.10. The normalized spacial score (nSPS) is 11.9. The Kier molecular flexibility index (Phi) is 4.10. The molecule has 2 aromatic rings. The molecule has 4 heteroatoms. The maximum atomic E-state index is 12.6. The number of carbonyl (C=O) groups is 1. The fourth-order valence-corrected chi connectivity index (χ4v) is 2.50. The highest BCUT2D eigenvalue weighted by Crippen LogP contribution is 2.28. The summed E-state index contributed by atoms with van der Waals surface area (Å²) in [6.07, 6.45) is 0. The molecule has 1 heterocycles. The summed E-state index contributed by atoms with van der Waals surface area (Å²) >= 11 is 3.34. The highest BCUT2D eigenvalue weighted by Gasteiger charge is 2.27. The van der Waals surface area contributed by atoms with Crippen LogP contribution in [0.15, 0.2) is 33.2 Å². The molecule has 0 aliphatic heterocycles. The molecular weight excluding hydrogens is 318 g/mol. The van der Waals surface area contributed by atoms with Crippen LogP contribution in [0.4, 0.5) is 0 Å².